The SMILES string of the molecule is COC(=O)CCCCn1cc(Br)c(N)n1. The molecule has 0 radical (unpaired) electrons. The summed E-state index contributed by atoms with van der Waals surface area (Å²) in [5.74, 6) is 0.319. The van der Waals surface area contributed by atoms with Crippen LogP contribution in [-0.4, -0.2) is 22.9 Å². The Hall–Kier alpha value is -1.04. The molecule has 1 rings (SSSR count). The molecule has 0 bridgehead atoms. The Morgan fingerprint density at radius 1 is 1.67 bits per heavy atom. The van der Waals surface area contributed by atoms with E-state index in [1.165, 1.54) is 7.11 Å². The van der Waals surface area contributed by atoms with E-state index in [9.17, 15) is 4.79 Å². The molecule has 0 saturated heterocycles. The Morgan fingerprint density at radius 3 is 2.93 bits per heavy atom. The Morgan fingerprint density at radius 2 is 2.40 bits per heavy atom. The van der Waals surface area contributed by atoms with Crippen LogP contribution in [0.15, 0.2) is 10.7 Å². The summed E-state index contributed by atoms with van der Waals surface area (Å²) in [6.07, 6.45) is 3.95. The average molecular weight is 276 g/mol. The van der Waals surface area contributed by atoms with Crippen LogP contribution in [0.1, 0.15) is 19.3 Å². The van der Waals surface area contributed by atoms with Gasteiger partial charge in [-0.25, -0.2) is 0 Å². The van der Waals surface area contributed by atoms with Crippen molar-refractivity contribution in [2.45, 2.75) is 25.8 Å². The average Bonchev–Trinajstić information content (AvgIpc) is 2.53. The molecule has 0 aliphatic rings. The molecule has 1 heterocycles. The van der Waals surface area contributed by atoms with Crippen LogP contribution in [0.3, 0.4) is 0 Å². The maximum Gasteiger partial charge on any atom is 0.305 e. The summed E-state index contributed by atoms with van der Waals surface area (Å²) in [5.41, 5.74) is 5.56. The molecule has 0 saturated carbocycles. The van der Waals surface area contributed by atoms with E-state index in [0.717, 1.165) is 23.9 Å². The van der Waals surface area contributed by atoms with Gasteiger partial charge in [0.25, 0.3) is 0 Å². The van der Waals surface area contributed by atoms with E-state index < -0.39 is 0 Å². The van der Waals surface area contributed by atoms with Crippen molar-refractivity contribution >= 4 is 27.7 Å². The van der Waals surface area contributed by atoms with Crippen molar-refractivity contribution in [1.29, 1.82) is 0 Å². The number of ether oxygens (including phenoxy) is 1. The summed E-state index contributed by atoms with van der Waals surface area (Å²) in [5, 5.41) is 4.08. The predicted molar refractivity (Wildman–Crippen MR) is 60.2 cm³/mol. The minimum atomic E-state index is -0.170. The number of nitrogens with two attached hydrogens (primary N) is 1. The molecule has 5 nitrogen and oxygen atoms in total. The quantitative estimate of drug-likeness (QED) is 0.654. The number of rotatable bonds is 5. The number of hydrogen-bond acceptors (Lipinski definition) is 4. The molecule has 0 fully saturated rings. The number of nitrogen functional groups attached to an aromatic ring is 1. The first-order valence-electron chi connectivity index (χ1n) is 4.68. The Bertz CT molecular complexity index is 319. The van der Waals surface area contributed by atoms with E-state index in [-0.39, 0.29) is 5.97 Å². The first-order valence-corrected chi connectivity index (χ1v) is 5.48. The van der Waals surface area contributed by atoms with Gasteiger partial charge in [0.1, 0.15) is 0 Å². The molecule has 0 unspecified atom stereocenters. The number of carbonyl (C=O) groups is 1. The van der Waals surface area contributed by atoms with Crippen LogP contribution in [0.2, 0.25) is 0 Å². The number of nitrogens with zero attached hydrogens (tertiary/aromatic N) is 2. The van der Waals surface area contributed by atoms with E-state index >= 15 is 0 Å². The molecule has 84 valence electrons. The van der Waals surface area contributed by atoms with Gasteiger partial charge in [0.15, 0.2) is 5.82 Å². The van der Waals surface area contributed by atoms with Crippen molar-refractivity contribution in [1.82, 2.24) is 9.78 Å². The largest absolute Gasteiger partial charge is 0.469 e. The lowest BCUT2D eigenvalue weighted by Crippen LogP contribution is -2.03. The van der Waals surface area contributed by atoms with E-state index in [1.54, 1.807) is 4.68 Å². The molecule has 6 heteroatoms. The highest BCUT2D eigenvalue weighted by molar-refractivity contribution is 9.10. The number of methoxy groups -OCH3 is 1. The number of halogens is 1. The maximum absolute atomic E-state index is 10.8. The zero-order chi connectivity index (χ0) is 11.3. The zero-order valence-electron chi connectivity index (χ0n) is 8.57. The first-order chi connectivity index (χ1) is 7.13. The molecule has 0 spiro atoms. The number of unbranched alkanes of at least 4 members (excludes halogenated alkanes) is 1. The van der Waals surface area contributed by atoms with Crippen molar-refractivity contribution < 1.29 is 9.53 Å². The molecule has 0 atom stereocenters. The van der Waals surface area contributed by atoms with E-state index in [4.69, 9.17) is 5.73 Å². The fraction of sp³-hybridized carbons (Fsp3) is 0.556. The topological polar surface area (TPSA) is 70.1 Å². The van der Waals surface area contributed by atoms with Crippen LogP contribution >= 0.6 is 15.9 Å². The summed E-state index contributed by atoms with van der Waals surface area (Å²) >= 11 is 3.28. The zero-order valence-corrected chi connectivity index (χ0v) is 10.2. The number of carbonyl (C=O) groups excluding carboxylic acids is 1. The van der Waals surface area contributed by atoms with Crippen molar-refractivity contribution in [3.05, 3.63) is 10.7 Å². The molecular weight excluding hydrogens is 262 g/mol. The van der Waals surface area contributed by atoms with Crippen LogP contribution in [0, 0.1) is 0 Å². The molecule has 0 aliphatic carbocycles. The van der Waals surface area contributed by atoms with Gasteiger partial charge in [0.05, 0.1) is 11.6 Å². The molecule has 0 aliphatic heterocycles. The monoisotopic (exact) mass is 275 g/mol. The molecule has 1 aromatic heterocycles. The number of hydrogen-bond donors (Lipinski definition) is 1. The summed E-state index contributed by atoms with van der Waals surface area (Å²) in [6.45, 7) is 0.757. The Labute approximate surface area is 96.7 Å². The van der Waals surface area contributed by atoms with Gasteiger partial charge in [-0.1, -0.05) is 0 Å². The molecule has 1 aromatic rings. The second kappa shape index (κ2) is 5.75. The summed E-state index contributed by atoms with van der Waals surface area (Å²) < 4.78 is 7.10. The van der Waals surface area contributed by atoms with Crippen LogP contribution < -0.4 is 5.73 Å². The second-order valence-electron chi connectivity index (χ2n) is 3.16. The standard InChI is InChI=1S/C9H14BrN3O2/c1-15-8(14)4-2-3-5-13-6-7(10)9(11)12-13/h6H,2-5H2,1H3,(H2,11,12). The van der Waals surface area contributed by atoms with Gasteiger partial charge >= 0.3 is 5.97 Å². The lowest BCUT2D eigenvalue weighted by molar-refractivity contribution is -0.140. The number of anilines is 1. The summed E-state index contributed by atoms with van der Waals surface area (Å²) in [7, 11) is 1.40. The number of aryl methyl sites for hydroxylation is 1. The van der Waals surface area contributed by atoms with Gasteiger partial charge in [-0.05, 0) is 28.8 Å². The number of aromatic nitrogens is 2. The minimum absolute atomic E-state index is 0.170. The highest BCUT2D eigenvalue weighted by atomic mass is 79.9. The van der Waals surface area contributed by atoms with Gasteiger partial charge < -0.3 is 10.5 Å². The Balaban J connectivity index is 2.23. The fourth-order valence-electron chi connectivity index (χ4n) is 1.17. The van der Waals surface area contributed by atoms with E-state index in [0.29, 0.717) is 12.2 Å². The van der Waals surface area contributed by atoms with Crippen molar-refractivity contribution in [2.24, 2.45) is 0 Å². The van der Waals surface area contributed by atoms with Crippen LogP contribution in [-0.2, 0) is 16.1 Å². The highest BCUT2D eigenvalue weighted by Crippen LogP contribution is 2.16. The molecule has 0 amide bonds. The van der Waals surface area contributed by atoms with Gasteiger partial charge in [-0.15, -0.1) is 0 Å². The summed E-state index contributed by atoms with van der Waals surface area (Å²) in [6, 6.07) is 0. The highest BCUT2D eigenvalue weighted by Gasteiger charge is 2.03. The van der Waals surface area contributed by atoms with E-state index in [1.807, 2.05) is 6.20 Å². The molecule has 15 heavy (non-hydrogen) atoms. The fourth-order valence-corrected chi connectivity index (χ4v) is 1.49. The third kappa shape index (κ3) is 3.91. The Kier molecular flexibility index (Phi) is 4.61. The van der Waals surface area contributed by atoms with Crippen molar-refractivity contribution in [3.63, 3.8) is 0 Å². The van der Waals surface area contributed by atoms with Crippen LogP contribution in [0.5, 0.6) is 0 Å². The first kappa shape index (κ1) is 12.0. The third-order valence-corrected chi connectivity index (χ3v) is 2.60. The second-order valence-corrected chi connectivity index (χ2v) is 4.01. The van der Waals surface area contributed by atoms with Crippen LogP contribution in [0.25, 0.3) is 0 Å². The minimum Gasteiger partial charge on any atom is -0.469 e. The molecule has 2 N–H and O–H groups in total. The lowest BCUT2D eigenvalue weighted by atomic mass is 10.2. The predicted octanol–water partition coefficient (Wildman–Crippen LogP) is 1.57. The van der Waals surface area contributed by atoms with E-state index in [2.05, 4.69) is 25.8 Å². The van der Waals surface area contributed by atoms with Gasteiger partial charge in [-0.3, -0.25) is 9.48 Å². The van der Waals surface area contributed by atoms with Gasteiger partial charge in [0.2, 0.25) is 0 Å². The molecule has 0 aromatic carbocycles. The third-order valence-electron chi connectivity index (χ3n) is 1.99. The molecular formula is C9H14BrN3O2. The maximum atomic E-state index is 10.8. The van der Waals surface area contributed by atoms with Crippen molar-refractivity contribution in [3.8, 4) is 0 Å². The van der Waals surface area contributed by atoms with Gasteiger partial charge in [0, 0.05) is 19.2 Å². The van der Waals surface area contributed by atoms with Gasteiger partial charge in [-0.2, -0.15) is 5.10 Å². The number of esters is 1. The van der Waals surface area contributed by atoms with Crippen molar-refractivity contribution in [2.75, 3.05) is 12.8 Å². The summed E-state index contributed by atoms with van der Waals surface area (Å²) in [4.78, 5) is 10.8. The smallest absolute Gasteiger partial charge is 0.305 e. The van der Waals surface area contributed by atoms with Crippen LogP contribution in [0.4, 0.5) is 5.82 Å². The lowest BCUT2D eigenvalue weighted by Gasteiger charge is -2.00. The normalized spacial score (nSPS) is 10.3.